The number of aromatic nitrogens is 1. The van der Waals surface area contributed by atoms with E-state index in [4.69, 9.17) is 0 Å². The number of nitrogens with one attached hydrogen (secondary N) is 1. The average Bonchev–Trinajstić information content (AvgIpc) is 2.41. The molecule has 3 nitrogen and oxygen atoms in total. The monoisotopic (exact) mass is 305 g/mol. The summed E-state index contributed by atoms with van der Waals surface area (Å²) in [4.78, 5) is 6.64. The molecule has 1 N–H and O–H groups in total. The predicted octanol–water partition coefficient (Wildman–Crippen LogP) is 3.52. The van der Waals surface area contributed by atoms with Gasteiger partial charge in [-0.25, -0.2) is 4.98 Å². The Morgan fingerprint density at radius 3 is 2.56 bits per heavy atom. The lowest BCUT2D eigenvalue weighted by molar-refractivity contribution is 0.898. The Hall–Kier alpha value is -1.55. The summed E-state index contributed by atoms with van der Waals surface area (Å²) in [6, 6.07) is 14.3. The maximum absolute atomic E-state index is 4.51. The lowest BCUT2D eigenvalue weighted by Crippen LogP contribution is -2.17. The molecule has 0 unspecified atom stereocenters. The van der Waals surface area contributed by atoms with Gasteiger partial charge in [-0.1, -0.05) is 34.1 Å². The van der Waals surface area contributed by atoms with Crippen LogP contribution in [0.4, 0.5) is 11.6 Å². The highest BCUT2D eigenvalue weighted by molar-refractivity contribution is 9.10. The zero-order chi connectivity index (χ0) is 13.0. The number of rotatable bonds is 4. The average molecular weight is 306 g/mol. The van der Waals surface area contributed by atoms with Crippen LogP contribution in [0.15, 0.2) is 46.9 Å². The van der Waals surface area contributed by atoms with E-state index >= 15 is 0 Å². The molecule has 1 heterocycles. The molecule has 1 aromatic heterocycles. The van der Waals surface area contributed by atoms with E-state index < -0.39 is 0 Å². The van der Waals surface area contributed by atoms with Gasteiger partial charge in [0.25, 0.3) is 0 Å². The first-order valence-corrected chi connectivity index (χ1v) is 6.59. The van der Waals surface area contributed by atoms with Crippen molar-refractivity contribution >= 4 is 27.6 Å². The Balaban J connectivity index is 2.11. The Morgan fingerprint density at radius 1 is 1.17 bits per heavy atom. The van der Waals surface area contributed by atoms with Crippen molar-refractivity contribution in [2.24, 2.45) is 0 Å². The van der Waals surface area contributed by atoms with Gasteiger partial charge in [-0.3, -0.25) is 0 Å². The van der Waals surface area contributed by atoms with E-state index in [2.05, 4.69) is 55.4 Å². The Bertz CT molecular complexity index is 511. The van der Waals surface area contributed by atoms with Crippen LogP contribution in [0.25, 0.3) is 0 Å². The van der Waals surface area contributed by atoms with Gasteiger partial charge in [0.05, 0.1) is 0 Å². The molecule has 0 saturated heterocycles. The van der Waals surface area contributed by atoms with E-state index in [1.807, 2.05) is 32.3 Å². The van der Waals surface area contributed by atoms with Crippen LogP contribution in [-0.2, 0) is 6.54 Å². The molecule has 1 aromatic carbocycles. The van der Waals surface area contributed by atoms with E-state index in [9.17, 15) is 0 Å². The molecule has 0 saturated carbocycles. The SMILES string of the molecule is CNc1cccc(N(C)Cc2ccc(Br)cc2)n1. The molecular weight excluding hydrogens is 290 g/mol. The Morgan fingerprint density at radius 2 is 1.89 bits per heavy atom. The fraction of sp³-hybridized carbons (Fsp3) is 0.214. The smallest absolute Gasteiger partial charge is 0.130 e. The maximum Gasteiger partial charge on any atom is 0.130 e. The van der Waals surface area contributed by atoms with E-state index in [1.165, 1.54) is 5.56 Å². The second-order valence-electron chi connectivity index (χ2n) is 4.11. The number of anilines is 2. The van der Waals surface area contributed by atoms with E-state index in [0.29, 0.717) is 0 Å². The highest BCUT2D eigenvalue weighted by Gasteiger charge is 2.04. The molecule has 94 valence electrons. The van der Waals surface area contributed by atoms with E-state index in [1.54, 1.807) is 0 Å². The Kier molecular flexibility index (Phi) is 4.20. The van der Waals surface area contributed by atoms with E-state index in [0.717, 1.165) is 22.7 Å². The van der Waals surface area contributed by atoms with Gasteiger partial charge in [-0.15, -0.1) is 0 Å². The molecule has 18 heavy (non-hydrogen) atoms. The third-order valence-electron chi connectivity index (χ3n) is 2.71. The molecule has 0 aliphatic carbocycles. The highest BCUT2D eigenvalue weighted by atomic mass is 79.9. The van der Waals surface area contributed by atoms with Gasteiger partial charge >= 0.3 is 0 Å². The number of benzene rings is 1. The minimum Gasteiger partial charge on any atom is -0.373 e. The second-order valence-corrected chi connectivity index (χ2v) is 5.03. The van der Waals surface area contributed by atoms with Crippen LogP contribution in [0.1, 0.15) is 5.56 Å². The van der Waals surface area contributed by atoms with Crippen LogP contribution >= 0.6 is 15.9 Å². The molecule has 0 aliphatic heterocycles. The van der Waals surface area contributed by atoms with Crippen molar-refractivity contribution < 1.29 is 0 Å². The largest absolute Gasteiger partial charge is 0.373 e. The van der Waals surface area contributed by atoms with Crippen molar-refractivity contribution in [3.63, 3.8) is 0 Å². The van der Waals surface area contributed by atoms with Gasteiger partial charge in [-0.05, 0) is 29.8 Å². The second kappa shape index (κ2) is 5.87. The quantitative estimate of drug-likeness (QED) is 0.937. The van der Waals surface area contributed by atoms with E-state index in [-0.39, 0.29) is 0 Å². The highest BCUT2D eigenvalue weighted by Crippen LogP contribution is 2.16. The first-order valence-electron chi connectivity index (χ1n) is 5.79. The number of pyridine rings is 1. The minimum absolute atomic E-state index is 0.841. The molecule has 4 heteroatoms. The minimum atomic E-state index is 0.841. The van der Waals surface area contributed by atoms with Gasteiger partial charge in [0.15, 0.2) is 0 Å². The lowest BCUT2D eigenvalue weighted by atomic mass is 10.2. The number of hydrogen-bond acceptors (Lipinski definition) is 3. The fourth-order valence-corrected chi connectivity index (χ4v) is 1.98. The standard InChI is InChI=1S/C14H16BrN3/c1-16-13-4-3-5-14(17-13)18(2)10-11-6-8-12(15)9-7-11/h3-9H,10H2,1-2H3,(H,16,17). The van der Waals surface area contributed by atoms with Gasteiger partial charge in [0.1, 0.15) is 11.6 Å². The van der Waals surface area contributed by atoms with Gasteiger partial charge in [0.2, 0.25) is 0 Å². The van der Waals surface area contributed by atoms with Crippen LogP contribution in [0.3, 0.4) is 0 Å². The Labute approximate surface area is 116 Å². The van der Waals surface area contributed by atoms with Crippen molar-refractivity contribution in [1.29, 1.82) is 0 Å². The summed E-state index contributed by atoms with van der Waals surface area (Å²) in [5, 5.41) is 3.05. The summed E-state index contributed by atoms with van der Waals surface area (Å²) < 4.78 is 1.10. The van der Waals surface area contributed by atoms with Gasteiger partial charge in [-0.2, -0.15) is 0 Å². The molecule has 0 atom stereocenters. The van der Waals surface area contributed by atoms with Crippen LogP contribution in [0.2, 0.25) is 0 Å². The van der Waals surface area contributed by atoms with Crippen LogP contribution < -0.4 is 10.2 Å². The molecule has 0 spiro atoms. The number of hydrogen-bond donors (Lipinski definition) is 1. The summed E-state index contributed by atoms with van der Waals surface area (Å²) in [6.07, 6.45) is 0. The molecule has 0 bridgehead atoms. The van der Waals surface area contributed by atoms with Crippen LogP contribution in [0.5, 0.6) is 0 Å². The summed E-state index contributed by atoms with van der Waals surface area (Å²) >= 11 is 3.44. The normalized spacial score (nSPS) is 10.2. The molecule has 0 radical (unpaired) electrons. The van der Waals surface area contributed by atoms with Gasteiger partial charge < -0.3 is 10.2 Å². The summed E-state index contributed by atoms with van der Waals surface area (Å²) in [6.45, 7) is 0.841. The fourth-order valence-electron chi connectivity index (χ4n) is 1.72. The zero-order valence-electron chi connectivity index (χ0n) is 10.5. The third-order valence-corrected chi connectivity index (χ3v) is 3.24. The van der Waals surface area contributed by atoms with Crippen LogP contribution in [-0.4, -0.2) is 19.1 Å². The van der Waals surface area contributed by atoms with Crippen LogP contribution in [0, 0.1) is 0 Å². The first kappa shape index (κ1) is 12.9. The zero-order valence-corrected chi connectivity index (χ0v) is 12.1. The maximum atomic E-state index is 4.51. The summed E-state index contributed by atoms with van der Waals surface area (Å²) in [7, 11) is 3.92. The van der Waals surface area contributed by atoms with Crippen molar-refractivity contribution in [1.82, 2.24) is 4.98 Å². The van der Waals surface area contributed by atoms with Crippen molar-refractivity contribution in [2.45, 2.75) is 6.54 Å². The number of halogens is 1. The summed E-state index contributed by atoms with van der Waals surface area (Å²) in [5.74, 6) is 1.85. The summed E-state index contributed by atoms with van der Waals surface area (Å²) in [5.41, 5.74) is 1.26. The molecule has 2 rings (SSSR count). The number of nitrogens with zero attached hydrogens (tertiary/aromatic N) is 2. The van der Waals surface area contributed by atoms with Crippen molar-refractivity contribution in [2.75, 3.05) is 24.3 Å². The third kappa shape index (κ3) is 3.23. The predicted molar refractivity (Wildman–Crippen MR) is 80.0 cm³/mol. The van der Waals surface area contributed by atoms with Crippen molar-refractivity contribution in [3.8, 4) is 0 Å². The molecule has 0 aliphatic rings. The molecular formula is C14H16BrN3. The van der Waals surface area contributed by atoms with Gasteiger partial charge in [0, 0.05) is 25.1 Å². The molecule has 2 aromatic rings. The topological polar surface area (TPSA) is 28.2 Å². The molecule has 0 amide bonds. The molecule has 0 fully saturated rings. The van der Waals surface area contributed by atoms with Crippen molar-refractivity contribution in [3.05, 3.63) is 52.5 Å². The first-order chi connectivity index (χ1) is 8.69. The lowest BCUT2D eigenvalue weighted by Gasteiger charge is -2.18.